The van der Waals surface area contributed by atoms with Gasteiger partial charge in [-0.15, -0.1) is 0 Å². The molecule has 126 valence electrons. The molecule has 4 nitrogen and oxygen atoms in total. The normalized spacial score (nSPS) is 10.3. The zero-order chi connectivity index (χ0) is 17.5. The average molecular weight is 365 g/mol. The Bertz CT molecular complexity index is 720. The SMILES string of the molecule is CN(C(=O)CCCC(=O)Nc1ccc(Cl)cc1Cl)c1ccccc1. The molecule has 0 bridgehead atoms. The van der Waals surface area contributed by atoms with Crippen LogP contribution in [0.4, 0.5) is 11.4 Å². The van der Waals surface area contributed by atoms with E-state index >= 15 is 0 Å². The lowest BCUT2D eigenvalue weighted by molar-refractivity contribution is -0.118. The van der Waals surface area contributed by atoms with Crippen molar-refractivity contribution in [3.05, 3.63) is 58.6 Å². The molecule has 0 radical (unpaired) electrons. The molecule has 2 rings (SSSR count). The number of hydrogen-bond donors (Lipinski definition) is 1. The summed E-state index contributed by atoms with van der Waals surface area (Å²) in [6, 6.07) is 14.3. The van der Waals surface area contributed by atoms with Gasteiger partial charge in [0.05, 0.1) is 10.7 Å². The van der Waals surface area contributed by atoms with Crippen LogP contribution >= 0.6 is 23.2 Å². The fraction of sp³-hybridized carbons (Fsp3) is 0.222. The molecule has 0 aliphatic carbocycles. The lowest BCUT2D eigenvalue weighted by atomic mass is 10.2. The molecule has 1 N–H and O–H groups in total. The minimum absolute atomic E-state index is 0.0291. The van der Waals surface area contributed by atoms with E-state index in [1.165, 1.54) is 0 Å². The number of rotatable bonds is 6. The van der Waals surface area contributed by atoms with Crippen molar-refractivity contribution in [2.75, 3.05) is 17.3 Å². The molecular formula is C18H18Cl2N2O2. The lowest BCUT2D eigenvalue weighted by Gasteiger charge is -2.17. The predicted molar refractivity (Wildman–Crippen MR) is 98.8 cm³/mol. The molecule has 24 heavy (non-hydrogen) atoms. The molecule has 6 heteroatoms. The van der Waals surface area contributed by atoms with Crippen LogP contribution in [0, 0.1) is 0 Å². The first kappa shape index (κ1) is 18.3. The zero-order valence-corrected chi connectivity index (χ0v) is 14.8. The summed E-state index contributed by atoms with van der Waals surface area (Å²) < 4.78 is 0. The topological polar surface area (TPSA) is 49.4 Å². The van der Waals surface area contributed by atoms with Crippen molar-refractivity contribution in [2.24, 2.45) is 0 Å². The van der Waals surface area contributed by atoms with Gasteiger partial charge in [0.2, 0.25) is 11.8 Å². The third-order valence-electron chi connectivity index (χ3n) is 3.52. The van der Waals surface area contributed by atoms with Crippen LogP contribution in [0.2, 0.25) is 10.0 Å². The third-order valence-corrected chi connectivity index (χ3v) is 4.07. The molecule has 0 saturated carbocycles. The minimum atomic E-state index is -0.186. The summed E-state index contributed by atoms with van der Waals surface area (Å²) in [5.74, 6) is -0.215. The summed E-state index contributed by atoms with van der Waals surface area (Å²) in [4.78, 5) is 25.7. The van der Waals surface area contributed by atoms with Gasteiger partial charge in [0, 0.05) is 30.6 Å². The highest BCUT2D eigenvalue weighted by Gasteiger charge is 2.12. The van der Waals surface area contributed by atoms with E-state index in [-0.39, 0.29) is 18.2 Å². The van der Waals surface area contributed by atoms with E-state index in [4.69, 9.17) is 23.2 Å². The molecule has 0 fully saturated rings. The van der Waals surface area contributed by atoms with E-state index in [1.807, 2.05) is 30.3 Å². The van der Waals surface area contributed by atoms with E-state index in [1.54, 1.807) is 30.1 Å². The standard InChI is InChI=1S/C18H18Cl2N2O2/c1-22(14-6-3-2-4-7-14)18(24)9-5-8-17(23)21-16-11-10-13(19)12-15(16)20/h2-4,6-7,10-12H,5,8-9H2,1H3,(H,21,23). The highest BCUT2D eigenvalue weighted by atomic mass is 35.5. The van der Waals surface area contributed by atoms with Gasteiger partial charge in [-0.1, -0.05) is 41.4 Å². The third kappa shape index (κ3) is 5.25. The van der Waals surface area contributed by atoms with E-state index in [0.717, 1.165) is 5.69 Å². The van der Waals surface area contributed by atoms with Gasteiger partial charge in [-0.05, 0) is 36.8 Å². The van der Waals surface area contributed by atoms with Crippen molar-refractivity contribution in [3.8, 4) is 0 Å². The molecule has 0 unspecified atom stereocenters. The van der Waals surface area contributed by atoms with Crippen LogP contribution in [0.25, 0.3) is 0 Å². The highest BCUT2D eigenvalue weighted by molar-refractivity contribution is 6.36. The maximum absolute atomic E-state index is 12.1. The summed E-state index contributed by atoms with van der Waals surface area (Å²) in [7, 11) is 1.73. The van der Waals surface area contributed by atoms with Gasteiger partial charge in [-0.25, -0.2) is 0 Å². The van der Waals surface area contributed by atoms with E-state index in [9.17, 15) is 9.59 Å². The molecule has 2 aromatic rings. The number of amides is 2. The van der Waals surface area contributed by atoms with Crippen molar-refractivity contribution in [1.82, 2.24) is 0 Å². The monoisotopic (exact) mass is 364 g/mol. The maximum atomic E-state index is 12.1. The van der Waals surface area contributed by atoms with Gasteiger partial charge >= 0.3 is 0 Å². The minimum Gasteiger partial charge on any atom is -0.325 e. The van der Waals surface area contributed by atoms with Gasteiger partial charge in [0.1, 0.15) is 0 Å². The number of para-hydroxylation sites is 1. The molecule has 2 aromatic carbocycles. The first-order chi connectivity index (χ1) is 11.5. The number of hydrogen-bond acceptors (Lipinski definition) is 2. The molecule has 0 atom stereocenters. The average Bonchev–Trinajstić information content (AvgIpc) is 2.57. The number of anilines is 2. The van der Waals surface area contributed by atoms with Crippen molar-refractivity contribution < 1.29 is 9.59 Å². The fourth-order valence-electron chi connectivity index (χ4n) is 2.17. The number of nitrogens with zero attached hydrogens (tertiary/aromatic N) is 1. The summed E-state index contributed by atoms with van der Waals surface area (Å²) in [6.07, 6.45) is 1.01. The zero-order valence-electron chi connectivity index (χ0n) is 13.3. The number of nitrogens with one attached hydrogen (secondary N) is 1. The van der Waals surface area contributed by atoms with E-state index in [2.05, 4.69) is 5.32 Å². The first-order valence-electron chi connectivity index (χ1n) is 7.54. The number of halogens is 2. The van der Waals surface area contributed by atoms with Gasteiger partial charge in [-0.2, -0.15) is 0 Å². The lowest BCUT2D eigenvalue weighted by Crippen LogP contribution is -2.26. The Morgan fingerprint density at radius 2 is 1.75 bits per heavy atom. The number of carbonyl (C=O) groups is 2. The second kappa shape index (κ2) is 8.71. The molecule has 0 aromatic heterocycles. The van der Waals surface area contributed by atoms with Crippen LogP contribution in [-0.4, -0.2) is 18.9 Å². The van der Waals surface area contributed by atoms with Crippen molar-refractivity contribution in [1.29, 1.82) is 0 Å². The maximum Gasteiger partial charge on any atom is 0.226 e. The molecule has 0 spiro atoms. The summed E-state index contributed by atoms with van der Waals surface area (Å²) >= 11 is 11.8. The Morgan fingerprint density at radius 1 is 1.04 bits per heavy atom. The first-order valence-corrected chi connectivity index (χ1v) is 8.29. The second-order valence-electron chi connectivity index (χ2n) is 5.31. The largest absolute Gasteiger partial charge is 0.325 e. The van der Waals surface area contributed by atoms with Crippen LogP contribution in [0.3, 0.4) is 0 Å². The van der Waals surface area contributed by atoms with Crippen molar-refractivity contribution >= 4 is 46.4 Å². The second-order valence-corrected chi connectivity index (χ2v) is 6.16. The van der Waals surface area contributed by atoms with E-state index < -0.39 is 0 Å². The molecule has 2 amide bonds. The van der Waals surface area contributed by atoms with Crippen LogP contribution in [0.5, 0.6) is 0 Å². The highest BCUT2D eigenvalue weighted by Crippen LogP contribution is 2.25. The van der Waals surface area contributed by atoms with Gasteiger partial charge in [0.25, 0.3) is 0 Å². The van der Waals surface area contributed by atoms with Crippen LogP contribution < -0.4 is 10.2 Å². The summed E-state index contributed by atoms with van der Waals surface area (Å²) in [5.41, 5.74) is 1.35. The predicted octanol–water partition coefficient (Wildman–Crippen LogP) is 4.77. The van der Waals surface area contributed by atoms with Crippen molar-refractivity contribution in [2.45, 2.75) is 19.3 Å². The summed E-state index contributed by atoms with van der Waals surface area (Å²) in [6.45, 7) is 0. The fourth-order valence-corrected chi connectivity index (χ4v) is 2.62. The molecular weight excluding hydrogens is 347 g/mol. The number of benzene rings is 2. The van der Waals surface area contributed by atoms with E-state index in [0.29, 0.717) is 28.6 Å². The Hall–Kier alpha value is -2.04. The van der Waals surface area contributed by atoms with Crippen LogP contribution in [0.15, 0.2) is 48.5 Å². The van der Waals surface area contributed by atoms with Crippen LogP contribution in [-0.2, 0) is 9.59 Å². The quantitative estimate of drug-likeness (QED) is 0.802. The molecule has 0 heterocycles. The smallest absolute Gasteiger partial charge is 0.226 e. The number of carbonyl (C=O) groups excluding carboxylic acids is 2. The Morgan fingerprint density at radius 3 is 2.42 bits per heavy atom. The van der Waals surface area contributed by atoms with Gasteiger partial charge in [-0.3, -0.25) is 9.59 Å². The Labute approximate surface area is 151 Å². The Balaban J connectivity index is 1.79. The molecule has 0 saturated heterocycles. The Kier molecular flexibility index (Phi) is 6.64. The van der Waals surface area contributed by atoms with Gasteiger partial charge in [0.15, 0.2) is 0 Å². The molecule has 0 aliphatic rings. The van der Waals surface area contributed by atoms with Crippen LogP contribution in [0.1, 0.15) is 19.3 Å². The summed E-state index contributed by atoms with van der Waals surface area (Å²) in [5, 5.41) is 3.61. The molecule has 0 aliphatic heterocycles. The van der Waals surface area contributed by atoms with Crippen molar-refractivity contribution in [3.63, 3.8) is 0 Å². The van der Waals surface area contributed by atoms with Gasteiger partial charge < -0.3 is 10.2 Å².